The number of imide groups is 1. The van der Waals surface area contributed by atoms with E-state index in [0.717, 1.165) is 16.7 Å². The van der Waals surface area contributed by atoms with Crippen LogP contribution in [0.25, 0.3) is 6.08 Å². The monoisotopic (exact) mass is 551 g/mol. The Balaban J connectivity index is 1.48. The third kappa shape index (κ3) is 3.97. The summed E-state index contributed by atoms with van der Waals surface area (Å²) in [6.45, 7) is 7.22. The van der Waals surface area contributed by atoms with Gasteiger partial charge in [0.05, 0.1) is 29.5 Å². The maximum atomic E-state index is 14.1. The summed E-state index contributed by atoms with van der Waals surface area (Å²) in [5, 5.41) is 9.45. The lowest BCUT2D eigenvalue weighted by Gasteiger charge is -2.53. The molecule has 0 bridgehead atoms. The Kier molecular flexibility index (Phi) is 6.65. The second kappa shape index (κ2) is 10.1. The van der Waals surface area contributed by atoms with Crippen LogP contribution in [-0.2, 0) is 19.2 Å². The number of carbonyl (C=O) groups is 4. The van der Waals surface area contributed by atoms with Crippen LogP contribution >= 0.6 is 0 Å². The van der Waals surface area contributed by atoms with Gasteiger partial charge in [-0.15, -0.1) is 0 Å². The van der Waals surface area contributed by atoms with Gasteiger partial charge < -0.3 is 9.84 Å². The molecule has 1 aliphatic heterocycles. The molecule has 2 aromatic rings. The fraction of sp³-hybridized carbons (Fsp3) is 0.353. The first-order valence-electron chi connectivity index (χ1n) is 14.1. The van der Waals surface area contributed by atoms with E-state index >= 15 is 0 Å². The van der Waals surface area contributed by atoms with Crippen molar-refractivity contribution >= 4 is 35.1 Å². The Hall–Kier alpha value is -4.10. The van der Waals surface area contributed by atoms with Gasteiger partial charge in [-0.05, 0) is 61.1 Å². The van der Waals surface area contributed by atoms with Gasteiger partial charge in [-0.1, -0.05) is 61.6 Å². The Labute approximate surface area is 239 Å². The Morgan fingerprint density at radius 1 is 1.05 bits per heavy atom. The van der Waals surface area contributed by atoms with E-state index in [4.69, 9.17) is 4.74 Å². The van der Waals surface area contributed by atoms with Crippen LogP contribution < -0.4 is 9.64 Å². The number of nitrogens with zero attached hydrogens (tertiary/aromatic N) is 1. The van der Waals surface area contributed by atoms with Crippen molar-refractivity contribution in [2.45, 2.75) is 32.6 Å². The molecule has 6 rings (SSSR count). The van der Waals surface area contributed by atoms with Crippen LogP contribution in [0.5, 0.6) is 5.75 Å². The summed E-state index contributed by atoms with van der Waals surface area (Å²) in [5.74, 6) is -2.94. The van der Waals surface area contributed by atoms with E-state index in [1.807, 2.05) is 43.3 Å². The molecule has 0 aromatic heterocycles. The van der Waals surface area contributed by atoms with E-state index in [-0.39, 0.29) is 42.5 Å². The third-order valence-electron chi connectivity index (χ3n) is 9.61. The smallest absolute Gasteiger partial charge is 0.238 e. The number of Topliss-reactive ketones (excluding diaryl/α,β-unsaturated/α-hetero) is 1. The van der Waals surface area contributed by atoms with Gasteiger partial charge in [-0.25, -0.2) is 0 Å². The van der Waals surface area contributed by atoms with Gasteiger partial charge in [0, 0.05) is 17.4 Å². The Morgan fingerprint density at radius 2 is 1.78 bits per heavy atom. The van der Waals surface area contributed by atoms with Crippen molar-refractivity contribution in [3.63, 3.8) is 0 Å². The van der Waals surface area contributed by atoms with Crippen LogP contribution in [0.2, 0.25) is 0 Å². The highest BCUT2D eigenvalue weighted by atomic mass is 16.5. The number of hydrogen-bond donors (Lipinski definition) is 1. The number of carbonyl (C=O) groups excluding carboxylic acids is 4. The maximum Gasteiger partial charge on any atom is 0.238 e. The molecule has 6 atom stereocenters. The SMILES string of the molecule is C=Cc1ccc(N2C(=O)[C@H]3[C@H](CC=C4[C@H]3C[C@H]3C(=O)C=C(C)C(=O)[C@@]3(C)[C@H]4c3ccccc3OCCO)C2=O)cc1. The molecule has 2 fully saturated rings. The average molecular weight is 552 g/mol. The molecule has 0 radical (unpaired) electrons. The first-order valence-corrected chi connectivity index (χ1v) is 14.1. The molecule has 1 heterocycles. The van der Waals surface area contributed by atoms with Gasteiger partial charge in [-0.3, -0.25) is 24.1 Å². The van der Waals surface area contributed by atoms with Crippen LogP contribution in [0.1, 0.15) is 43.7 Å². The standard InChI is InChI=1S/C34H33NO6/c1-4-20-9-11-21(12-10-20)35-32(39)24-14-13-22-25(29(24)33(35)40)18-26-27(37)17-19(2)31(38)34(26,3)30(22)23-7-5-6-8-28(23)41-16-15-36/h4-13,17,24-26,29-30,36H,1,14-16,18H2,2-3H3/t24-,25+,26-,29-,30+,34+/m0/s1. The summed E-state index contributed by atoms with van der Waals surface area (Å²) in [6.07, 6.45) is 5.85. The first-order chi connectivity index (χ1) is 19.7. The van der Waals surface area contributed by atoms with Gasteiger partial charge in [0.15, 0.2) is 11.6 Å². The van der Waals surface area contributed by atoms with Gasteiger partial charge in [-0.2, -0.15) is 0 Å². The summed E-state index contributed by atoms with van der Waals surface area (Å²) in [5.41, 5.74) is 2.38. The van der Waals surface area contributed by atoms with Crippen molar-refractivity contribution in [2.24, 2.45) is 29.1 Å². The summed E-state index contributed by atoms with van der Waals surface area (Å²) >= 11 is 0. The number of aliphatic hydroxyl groups is 1. The van der Waals surface area contributed by atoms with Crippen molar-refractivity contribution in [3.8, 4) is 5.75 Å². The number of ether oxygens (including phenoxy) is 1. The highest BCUT2D eigenvalue weighted by Crippen LogP contribution is 2.63. The topological polar surface area (TPSA) is 101 Å². The largest absolute Gasteiger partial charge is 0.491 e. The number of ketones is 2. The van der Waals surface area contributed by atoms with E-state index in [2.05, 4.69) is 6.58 Å². The quantitative estimate of drug-likeness (QED) is 0.414. The molecule has 0 spiro atoms. The van der Waals surface area contributed by atoms with Crippen LogP contribution in [0, 0.1) is 29.1 Å². The lowest BCUT2D eigenvalue weighted by molar-refractivity contribution is -0.141. The van der Waals surface area contributed by atoms with E-state index in [0.29, 0.717) is 29.9 Å². The molecule has 1 N–H and O–H groups in total. The summed E-state index contributed by atoms with van der Waals surface area (Å²) < 4.78 is 5.93. The van der Waals surface area contributed by atoms with Crippen molar-refractivity contribution < 1.29 is 29.0 Å². The minimum atomic E-state index is -1.09. The normalized spacial score (nSPS) is 30.7. The second-order valence-corrected chi connectivity index (χ2v) is 11.7. The summed E-state index contributed by atoms with van der Waals surface area (Å²) in [6, 6.07) is 14.5. The fourth-order valence-electron chi connectivity index (χ4n) is 7.76. The Morgan fingerprint density at radius 3 is 2.49 bits per heavy atom. The van der Waals surface area contributed by atoms with Crippen LogP contribution in [0.3, 0.4) is 0 Å². The number of anilines is 1. The number of amides is 2. The third-order valence-corrected chi connectivity index (χ3v) is 9.61. The zero-order valence-electron chi connectivity index (χ0n) is 23.2. The van der Waals surface area contributed by atoms with Crippen molar-refractivity contribution in [3.05, 3.63) is 89.5 Å². The zero-order valence-corrected chi connectivity index (χ0v) is 23.2. The van der Waals surface area contributed by atoms with Gasteiger partial charge >= 0.3 is 0 Å². The molecule has 1 saturated heterocycles. The molecule has 210 valence electrons. The number of para-hydroxylation sites is 1. The molecule has 3 aliphatic carbocycles. The average Bonchev–Trinajstić information content (AvgIpc) is 3.24. The van der Waals surface area contributed by atoms with Crippen LogP contribution in [0.15, 0.2) is 78.4 Å². The molecular weight excluding hydrogens is 518 g/mol. The minimum absolute atomic E-state index is 0.0788. The molecule has 7 nitrogen and oxygen atoms in total. The lowest BCUT2D eigenvalue weighted by Crippen LogP contribution is -2.54. The molecular formula is C34H33NO6. The lowest BCUT2D eigenvalue weighted by atomic mass is 9.47. The summed E-state index contributed by atoms with van der Waals surface area (Å²) in [7, 11) is 0. The van der Waals surface area contributed by atoms with E-state index in [9.17, 15) is 24.3 Å². The molecule has 2 aromatic carbocycles. The number of aliphatic hydroxyl groups excluding tert-OH is 1. The van der Waals surface area contributed by atoms with Gasteiger partial charge in [0.2, 0.25) is 11.8 Å². The predicted molar refractivity (Wildman–Crippen MR) is 154 cm³/mol. The number of fused-ring (bicyclic) bond motifs is 4. The van der Waals surface area contributed by atoms with Crippen molar-refractivity contribution in [2.75, 3.05) is 18.1 Å². The highest BCUT2D eigenvalue weighted by Gasteiger charge is 2.63. The summed E-state index contributed by atoms with van der Waals surface area (Å²) in [4.78, 5) is 56.6. The van der Waals surface area contributed by atoms with Crippen LogP contribution in [0.4, 0.5) is 5.69 Å². The fourth-order valence-corrected chi connectivity index (χ4v) is 7.76. The van der Waals surface area contributed by atoms with Crippen LogP contribution in [-0.4, -0.2) is 41.7 Å². The molecule has 41 heavy (non-hydrogen) atoms. The molecule has 4 aliphatic rings. The number of benzene rings is 2. The predicted octanol–water partition coefficient (Wildman–Crippen LogP) is 4.66. The molecule has 2 amide bonds. The number of allylic oxidation sites excluding steroid dienone is 4. The van der Waals surface area contributed by atoms with Gasteiger partial charge in [0.25, 0.3) is 0 Å². The zero-order chi connectivity index (χ0) is 29.1. The molecule has 0 unspecified atom stereocenters. The molecule has 1 saturated carbocycles. The number of hydrogen-bond acceptors (Lipinski definition) is 6. The second-order valence-electron chi connectivity index (χ2n) is 11.7. The van der Waals surface area contributed by atoms with E-state index in [1.165, 1.54) is 11.0 Å². The maximum absolute atomic E-state index is 14.1. The first kappa shape index (κ1) is 27.1. The van der Waals surface area contributed by atoms with Crippen molar-refractivity contribution in [1.82, 2.24) is 0 Å². The Bertz CT molecular complexity index is 1530. The van der Waals surface area contributed by atoms with Crippen molar-refractivity contribution in [1.29, 1.82) is 0 Å². The van der Waals surface area contributed by atoms with E-state index in [1.54, 1.807) is 31.2 Å². The molecule has 7 heteroatoms. The van der Waals surface area contributed by atoms with E-state index < -0.39 is 29.1 Å². The number of rotatable bonds is 6. The minimum Gasteiger partial charge on any atom is -0.491 e. The van der Waals surface area contributed by atoms with Gasteiger partial charge in [0.1, 0.15) is 12.4 Å². The highest BCUT2D eigenvalue weighted by molar-refractivity contribution is 6.22.